The third-order valence-electron chi connectivity index (χ3n) is 6.15. The molecule has 2 heterocycles. The van der Waals surface area contributed by atoms with Crippen LogP contribution in [0.25, 0.3) is 11.0 Å². The minimum absolute atomic E-state index is 0.200. The first kappa shape index (κ1) is 29.4. The molecule has 0 saturated carbocycles. The van der Waals surface area contributed by atoms with Crippen LogP contribution in [0.4, 0.5) is 0 Å². The standard InChI is InChI=1S/C27H46N4O3S/c1-4-6-7-8-9-10-11-12-13-14-15-16-17-18-19-20-34-27-25-24(30-31(27)3)26(29-22-28-25)35-21-23(32)33-5-2/h22H,4-21H2,1-3H3. The van der Waals surface area contributed by atoms with Gasteiger partial charge in [0.2, 0.25) is 5.88 Å². The Bertz CT molecular complexity index is 843. The normalized spacial score (nSPS) is 11.3. The van der Waals surface area contributed by atoms with Crippen molar-refractivity contribution in [3.05, 3.63) is 6.33 Å². The highest BCUT2D eigenvalue weighted by Gasteiger charge is 2.17. The summed E-state index contributed by atoms with van der Waals surface area (Å²) in [6, 6.07) is 0. The molecule has 8 heteroatoms. The van der Waals surface area contributed by atoms with E-state index in [1.165, 1.54) is 108 Å². The molecule has 0 amide bonds. The monoisotopic (exact) mass is 506 g/mol. The Morgan fingerprint density at radius 3 is 1.97 bits per heavy atom. The lowest BCUT2D eigenvalue weighted by Gasteiger charge is -2.06. The number of unbranched alkanes of at least 4 members (excludes halogenated alkanes) is 14. The Kier molecular flexibility index (Phi) is 15.5. The number of aryl methyl sites for hydroxylation is 1. The van der Waals surface area contributed by atoms with Crippen LogP contribution in [0.1, 0.15) is 110 Å². The number of carbonyl (C=O) groups excluding carboxylic acids is 1. The van der Waals surface area contributed by atoms with Gasteiger partial charge in [-0.2, -0.15) is 5.10 Å². The van der Waals surface area contributed by atoms with Gasteiger partial charge in [-0.15, -0.1) is 0 Å². The first-order chi connectivity index (χ1) is 17.2. The number of ether oxygens (including phenoxy) is 2. The van der Waals surface area contributed by atoms with E-state index in [2.05, 4.69) is 22.0 Å². The van der Waals surface area contributed by atoms with E-state index in [-0.39, 0.29) is 11.7 Å². The van der Waals surface area contributed by atoms with Crippen molar-refractivity contribution in [3.63, 3.8) is 0 Å². The highest BCUT2D eigenvalue weighted by atomic mass is 32.2. The molecule has 0 fully saturated rings. The van der Waals surface area contributed by atoms with Crippen LogP contribution in [0.5, 0.6) is 5.88 Å². The first-order valence-electron chi connectivity index (χ1n) is 13.8. The highest BCUT2D eigenvalue weighted by Crippen LogP contribution is 2.29. The van der Waals surface area contributed by atoms with Crippen molar-refractivity contribution in [1.29, 1.82) is 0 Å². The van der Waals surface area contributed by atoms with Gasteiger partial charge >= 0.3 is 5.97 Å². The second kappa shape index (κ2) is 18.4. The summed E-state index contributed by atoms with van der Waals surface area (Å²) in [5.74, 6) is 0.599. The summed E-state index contributed by atoms with van der Waals surface area (Å²) >= 11 is 1.31. The number of rotatable bonds is 21. The Balaban J connectivity index is 1.55. The van der Waals surface area contributed by atoms with Gasteiger partial charge in [-0.25, -0.2) is 14.6 Å². The number of carbonyl (C=O) groups is 1. The van der Waals surface area contributed by atoms with Crippen LogP contribution in [0, 0.1) is 0 Å². The number of aromatic nitrogens is 4. The molecule has 0 atom stereocenters. The molecule has 0 aromatic carbocycles. The molecule has 0 N–H and O–H groups in total. The second-order valence-corrected chi connectivity index (χ2v) is 10.2. The third kappa shape index (κ3) is 11.6. The average Bonchev–Trinajstić information content (AvgIpc) is 3.18. The Hall–Kier alpha value is -1.83. The van der Waals surface area contributed by atoms with Crippen molar-refractivity contribution in [2.45, 2.75) is 115 Å². The fraction of sp³-hybridized carbons (Fsp3) is 0.778. The SMILES string of the molecule is CCCCCCCCCCCCCCCCCOc1c2ncnc(SCC(=O)OCC)c2nn1C. The summed E-state index contributed by atoms with van der Waals surface area (Å²) in [7, 11) is 1.85. The van der Waals surface area contributed by atoms with Crippen molar-refractivity contribution >= 4 is 28.8 Å². The molecule has 2 rings (SSSR count). The molecule has 0 bridgehead atoms. The van der Waals surface area contributed by atoms with E-state index >= 15 is 0 Å². The van der Waals surface area contributed by atoms with E-state index in [1.54, 1.807) is 11.6 Å². The van der Waals surface area contributed by atoms with Gasteiger partial charge in [-0.1, -0.05) is 109 Å². The lowest BCUT2D eigenvalue weighted by molar-refractivity contribution is -0.139. The van der Waals surface area contributed by atoms with Crippen molar-refractivity contribution in [2.24, 2.45) is 7.05 Å². The van der Waals surface area contributed by atoms with E-state index in [0.29, 0.717) is 35.2 Å². The van der Waals surface area contributed by atoms with Gasteiger partial charge in [0.15, 0.2) is 5.52 Å². The molecule has 0 aliphatic rings. The van der Waals surface area contributed by atoms with Crippen molar-refractivity contribution in [3.8, 4) is 5.88 Å². The molecule has 2 aromatic heterocycles. The maximum Gasteiger partial charge on any atom is 0.316 e. The minimum Gasteiger partial charge on any atom is -0.476 e. The van der Waals surface area contributed by atoms with Gasteiger partial charge in [0.1, 0.15) is 16.9 Å². The van der Waals surface area contributed by atoms with Crippen LogP contribution in [-0.4, -0.2) is 44.7 Å². The summed E-state index contributed by atoms with van der Waals surface area (Å²) in [6.07, 6.45) is 21.7. The summed E-state index contributed by atoms with van der Waals surface area (Å²) in [6.45, 7) is 5.11. The van der Waals surface area contributed by atoms with Gasteiger partial charge in [0.25, 0.3) is 0 Å². The number of hydrogen-bond acceptors (Lipinski definition) is 7. The van der Waals surface area contributed by atoms with Gasteiger partial charge < -0.3 is 9.47 Å². The molecular formula is C27H46N4O3S. The van der Waals surface area contributed by atoms with Gasteiger partial charge in [0.05, 0.1) is 19.0 Å². The highest BCUT2D eigenvalue weighted by molar-refractivity contribution is 8.00. The van der Waals surface area contributed by atoms with Crippen LogP contribution in [0.15, 0.2) is 11.4 Å². The largest absolute Gasteiger partial charge is 0.476 e. The molecule has 198 valence electrons. The van der Waals surface area contributed by atoms with Crippen LogP contribution in [0.2, 0.25) is 0 Å². The Labute approximate surface area is 216 Å². The van der Waals surface area contributed by atoms with Crippen molar-refractivity contribution < 1.29 is 14.3 Å². The van der Waals surface area contributed by atoms with E-state index in [9.17, 15) is 4.79 Å². The third-order valence-corrected chi connectivity index (χ3v) is 7.11. The summed E-state index contributed by atoms with van der Waals surface area (Å²) in [5, 5.41) is 5.19. The zero-order valence-corrected chi connectivity index (χ0v) is 23.0. The predicted octanol–water partition coefficient (Wildman–Crippen LogP) is 7.27. The maximum atomic E-state index is 11.7. The van der Waals surface area contributed by atoms with Gasteiger partial charge in [0, 0.05) is 7.05 Å². The quantitative estimate of drug-likeness (QED) is 0.0762. The smallest absolute Gasteiger partial charge is 0.316 e. The Morgan fingerprint density at radius 2 is 1.40 bits per heavy atom. The average molecular weight is 507 g/mol. The fourth-order valence-electron chi connectivity index (χ4n) is 4.20. The van der Waals surface area contributed by atoms with Crippen LogP contribution < -0.4 is 4.74 Å². The van der Waals surface area contributed by atoms with E-state index < -0.39 is 0 Å². The van der Waals surface area contributed by atoms with E-state index in [4.69, 9.17) is 9.47 Å². The molecule has 0 radical (unpaired) electrons. The molecule has 0 aliphatic heterocycles. The number of esters is 1. The minimum atomic E-state index is -0.259. The number of thioether (sulfide) groups is 1. The summed E-state index contributed by atoms with van der Waals surface area (Å²) in [4.78, 5) is 20.3. The molecule has 35 heavy (non-hydrogen) atoms. The van der Waals surface area contributed by atoms with Crippen molar-refractivity contribution in [2.75, 3.05) is 19.0 Å². The number of fused-ring (bicyclic) bond motifs is 1. The van der Waals surface area contributed by atoms with Gasteiger partial charge in [-0.05, 0) is 13.3 Å². The lowest BCUT2D eigenvalue weighted by atomic mass is 10.0. The molecule has 0 spiro atoms. The van der Waals surface area contributed by atoms with Crippen molar-refractivity contribution in [1.82, 2.24) is 19.7 Å². The number of hydrogen-bond donors (Lipinski definition) is 0. The van der Waals surface area contributed by atoms with E-state index in [1.807, 2.05) is 7.05 Å². The topological polar surface area (TPSA) is 79.1 Å². The van der Waals surface area contributed by atoms with Crippen LogP contribution >= 0.6 is 11.8 Å². The summed E-state index contributed by atoms with van der Waals surface area (Å²) in [5.41, 5.74) is 1.35. The molecule has 0 unspecified atom stereocenters. The predicted molar refractivity (Wildman–Crippen MR) is 144 cm³/mol. The van der Waals surface area contributed by atoms with Crippen LogP contribution in [-0.2, 0) is 16.6 Å². The second-order valence-electron chi connectivity index (χ2n) is 9.20. The molecule has 0 aliphatic carbocycles. The van der Waals surface area contributed by atoms with Gasteiger partial charge in [-0.3, -0.25) is 4.79 Å². The zero-order chi connectivity index (χ0) is 25.1. The molecule has 7 nitrogen and oxygen atoms in total. The Morgan fingerprint density at radius 1 is 0.829 bits per heavy atom. The maximum absolute atomic E-state index is 11.7. The van der Waals surface area contributed by atoms with E-state index in [0.717, 1.165) is 6.42 Å². The molecule has 0 saturated heterocycles. The fourth-order valence-corrected chi connectivity index (χ4v) is 4.93. The zero-order valence-electron chi connectivity index (χ0n) is 22.2. The lowest BCUT2D eigenvalue weighted by Crippen LogP contribution is -2.06. The molecular weight excluding hydrogens is 460 g/mol. The first-order valence-corrected chi connectivity index (χ1v) is 14.7. The molecule has 2 aromatic rings. The summed E-state index contributed by atoms with van der Waals surface area (Å²) < 4.78 is 12.7. The van der Waals surface area contributed by atoms with Crippen LogP contribution in [0.3, 0.4) is 0 Å². The number of nitrogens with zero attached hydrogens (tertiary/aromatic N) is 4.